The van der Waals surface area contributed by atoms with Crippen molar-refractivity contribution in [2.75, 3.05) is 13.7 Å². The number of esters is 1. The summed E-state index contributed by atoms with van der Waals surface area (Å²) in [4.78, 5) is 11.8. The number of hydrogen-bond acceptors (Lipinski definition) is 4. The summed E-state index contributed by atoms with van der Waals surface area (Å²) in [5.41, 5.74) is 0.390. The molecule has 0 aliphatic heterocycles. The summed E-state index contributed by atoms with van der Waals surface area (Å²) in [6, 6.07) is 4.44. The third-order valence-corrected chi connectivity index (χ3v) is 3.44. The standard InChI is InChI=1S/C16H24O4/c1-4-12(2)7-5-6-10-20-16(18)13-8-9-14(17)15(11-13)19-3/h8-9,11-12,17H,4-7,10H2,1-3H3. The molecule has 1 unspecified atom stereocenters. The highest BCUT2D eigenvalue weighted by molar-refractivity contribution is 5.90. The number of hydrogen-bond donors (Lipinski definition) is 1. The van der Waals surface area contributed by atoms with Gasteiger partial charge in [0.1, 0.15) is 0 Å². The van der Waals surface area contributed by atoms with Crippen LogP contribution in [-0.2, 0) is 4.74 Å². The third kappa shape index (κ3) is 5.11. The van der Waals surface area contributed by atoms with E-state index in [2.05, 4.69) is 13.8 Å². The lowest BCUT2D eigenvalue weighted by atomic mass is 10.0. The lowest BCUT2D eigenvalue weighted by Gasteiger charge is -2.09. The largest absolute Gasteiger partial charge is 0.504 e. The minimum Gasteiger partial charge on any atom is -0.504 e. The fraction of sp³-hybridized carbons (Fsp3) is 0.562. The van der Waals surface area contributed by atoms with Crippen LogP contribution in [0.4, 0.5) is 0 Å². The highest BCUT2D eigenvalue weighted by Gasteiger charge is 2.10. The SMILES string of the molecule is CCC(C)CCCCOC(=O)c1ccc(O)c(OC)c1. The smallest absolute Gasteiger partial charge is 0.338 e. The summed E-state index contributed by atoms with van der Waals surface area (Å²) in [6.45, 7) is 4.84. The van der Waals surface area contributed by atoms with Gasteiger partial charge in [-0.05, 0) is 37.0 Å². The van der Waals surface area contributed by atoms with E-state index in [0.29, 0.717) is 12.2 Å². The van der Waals surface area contributed by atoms with E-state index >= 15 is 0 Å². The normalized spacial score (nSPS) is 11.9. The Bertz CT molecular complexity index is 428. The number of unbranched alkanes of at least 4 members (excludes halogenated alkanes) is 1. The van der Waals surface area contributed by atoms with Gasteiger partial charge < -0.3 is 14.6 Å². The average Bonchev–Trinajstić information content (AvgIpc) is 2.46. The Morgan fingerprint density at radius 2 is 2.10 bits per heavy atom. The van der Waals surface area contributed by atoms with Crippen LogP contribution in [0.25, 0.3) is 0 Å². The number of carbonyl (C=O) groups excluding carboxylic acids is 1. The fourth-order valence-electron chi connectivity index (χ4n) is 1.85. The summed E-state index contributed by atoms with van der Waals surface area (Å²) in [5, 5.41) is 9.46. The molecule has 4 nitrogen and oxygen atoms in total. The molecule has 0 aliphatic carbocycles. The van der Waals surface area contributed by atoms with Crippen LogP contribution in [0.2, 0.25) is 0 Å². The molecule has 20 heavy (non-hydrogen) atoms. The number of phenols is 1. The first-order valence-corrected chi connectivity index (χ1v) is 7.12. The van der Waals surface area contributed by atoms with Gasteiger partial charge in [-0.15, -0.1) is 0 Å². The first-order chi connectivity index (χ1) is 9.58. The molecule has 1 atom stereocenters. The molecule has 0 aliphatic rings. The van der Waals surface area contributed by atoms with Crippen LogP contribution in [0.3, 0.4) is 0 Å². The van der Waals surface area contributed by atoms with Crippen molar-refractivity contribution in [1.82, 2.24) is 0 Å². The van der Waals surface area contributed by atoms with Crippen LogP contribution < -0.4 is 4.74 Å². The molecule has 1 aromatic carbocycles. The van der Waals surface area contributed by atoms with E-state index in [1.807, 2.05) is 0 Å². The number of benzene rings is 1. The Balaban J connectivity index is 2.36. The van der Waals surface area contributed by atoms with Crippen molar-refractivity contribution in [1.29, 1.82) is 0 Å². The monoisotopic (exact) mass is 280 g/mol. The number of carbonyl (C=O) groups is 1. The Morgan fingerprint density at radius 1 is 1.35 bits per heavy atom. The zero-order chi connectivity index (χ0) is 15.0. The molecular formula is C16H24O4. The van der Waals surface area contributed by atoms with Crippen molar-refractivity contribution < 1.29 is 19.4 Å². The molecule has 0 bridgehead atoms. The summed E-state index contributed by atoms with van der Waals surface area (Å²) in [5.74, 6) is 0.632. The van der Waals surface area contributed by atoms with Gasteiger partial charge in [0, 0.05) is 0 Å². The van der Waals surface area contributed by atoms with E-state index in [4.69, 9.17) is 9.47 Å². The lowest BCUT2D eigenvalue weighted by Crippen LogP contribution is -2.07. The Kier molecular flexibility index (Phi) is 6.91. The zero-order valence-electron chi connectivity index (χ0n) is 12.5. The highest BCUT2D eigenvalue weighted by Crippen LogP contribution is 2.26. The molecule has 0 saturated heterocycles. The molecule has 0 amide bonds. The molecule has 0 fully saturated rings. The second kappa shape index (κ2) is 8.46. The summed E-state index contributed by atoms with van der Waals surface area (Å²) >= 11 is 0. The van der Waals surface area contributed by atoms with Gasteiger partial charge in [-0.1, -0.05) is 26.7 Å². The van der Waals surface area contributed by atoms with Crippen LogP contribution >= 0.6 is 0 Å². The van der Waals surface area contributed by atoms with Crippen LogP contribution in [0.1, 0.15) is 49.9 Å². The van der Waals surface area contributed by atoms with Gasteiger partial charge in [0.15, 0.2) is 11.5 Å². The highest BCUT2D eigenvalue weighted by atomic mass is 16.5. The van der Waals surface area contributed by atoms with Crippen molar-refractivity contribution in [3.05, 3.63) is 23.8 Å². The van der Waals surface area contributed by atoms with Crippen molar-refractivity contribution in [3.8, 4) is 11.5 Å². The molecule has 1 aromatic rings. The van der Waals surface area contributed by atoms with Gasteiger partial charge in [0.05, 0.1) is 19.3 Å². The van der Waals surface area contributed by atoms with Crippen molar-refractivity contribution in [3.63, 3.8) is 0 Å². The summed E-state index contributed by atoms with van der Waals surface area (Å²) < 4.78 is 10.2. The molecule has 0 aromatic heterocycles. The van der Waals surface area contributed by atoms with Crippen LogP contribution in [-0.4, -0.2) is 24.8 Å². The number of ether oxygens (including phenoxy) is 2. The van der Waals surface area contributed by atoms with E-state index in [1.165, 1.54) is 38.2 Å². The Hall–Kier alpha value is -1.71. The van der Waals surface area contributed by atoms with Crippen LogP contribution in [0, 0.1) is 5.92 Å². The van der Waals surface area contributed by atoms with Gasteiger partial charge in [-0.3, -0.25) is 0 Å². The van der Waals surface area contributed by atoms with E-state index < -0.39 is 0 Å². The van der Waals surface area contributed by atoms with Crippen molar-refractivity contribution in [2.24, 2.45) is 5.92 Å². The van der Waals surface area contributed by atoms with Crippen molar-refractivity contribution >= 4 is 5.97 Å². The van der Waals surface area contributed by atoms with E-state index in [1.54, 1.807) is 0 Å². The molecule has 0 radical (unpaired) electrons. The van der Waals surface area contributed by atoms with Gasteiger partial charge in [0.25, 0.3) is 0 Å². The van der Waals surface area contributed by atoms with Crippen LogP contribution in [0.15, 0.2) is 18.2 Å². The minimum absolute atomic E-state index is 0.0117. The maximum atomic E-state index is 11.8. The maximum Gasteiger partial charge on any atom is 0.338 e. The summed E-state index contributed by atoms with van der Waals surface area (Å²) in [6.07, 6.45) is 4.31. The van der Waals surface area contributed by atoms with E-state index in [-0.39, 0.29) is 17.5 Å². The first kappa shape index (κ1) is 16.3. The van der Waals surface area contributed by atoms with Gasteiger partial charge in [0.2, 0.25) is 0 Å². The van der Waals surface area contributed by atoms with Gasteiger partial charge in [-0.25, -0.2) is 4.79 Å². The molecule has 0 saturated carbocycles. The quantitative estimate of drug-likeness (QED) is 0.581. The lowest BCUT2D eigenvalue weighted by molar-refractivity contribution is 0.0496. The molecule has 112 valence electrons. The average molecular weight is 280 g/mol. The second-order valence-electron chi connectivity index (χ2n) is 5.03. The third-order valence-electron chi connectivity index (χ3n) is 3.44. The Morgan fingerprint density at radius 3 is 2.75 bits per heavy atom. The zero-order valence-corrected chi connectivity index (χ0v) is 12.5. The molecule has 1 rings (SSSR count). The van der Waals surface area contributed by atoms with E-state index in [0.717, 1.165) is 18.8 Å². The fourth-order valence-corrected chi connectivity index (χ4v) is 1.85. The molecule has 0 heterocycles. The molecule has 0 spiro atoms. The molecular weight excluding hydrogens is 256 g/mol. The first-order valence-electron chi connectivity index (χ1n) is 7.12. The summed E-state index contributed by atoms with van der Waals surface area (Å²) in [7, 11) is 1.44. The van der Waals surface area contributed by atoms with Gasteiger partial charge >= 0.3 is 5.97 Å². The molecule has 1 N–H and O–H groups in total. The number of rotatable bonds is 8. The Labute approximate surface area is 120 Å². The van der Waals surface area contributed by atoms with Crippen molar-refractivity contribution in [2.45, 2.75) is 39.5 Å². The second-order valence-corrected chi connectivity index (χ2v) is 5.03. The molecule has 4 heteroatoms. The minimum atomic E-state index is -0.383. The predicted molar refractivity (Wildman–Crippen MR) is 78.2 cm³/mol. The topological polar surface area (TPSA) is 55.8 Å². The van der Waals surface area contributed by atoms with E-state index in [9.17, 15) is 9.90 Å². The maximum absolute atomic E-state index is 11.8. The van der Waals surface area contributed by atoms with Crippen LogP contribution in [0.5, 0.6) is 11.5 Å². The number of aromatic hydroxyl groups is 1. The van der Waals surface area contributed by atoms with Gasteiger partial charge in [-0.2, -0.15) is 0 Å². The predicted octanol–water partition coefficient (Wildman–Crippen LogP) is 3.77. The number of methoxy groups -OCH3 is 1. The number of phenolic OH excluding ortho intramolecular Hbond substituents is 1.